The van der Waals surface area contributed by atoms with Crippen molar-refractivity contribution in [3.8, 4) is 11.5 Å². The molecular formula is C21H25BN4OSi. The second-order valence-corrected chi connectivity index (χ2v) is 12.6. The second-order valence-electron chi connectivity index (χ2n) is 7.85. The van der Waals surface area contributed by atoms with E-state index < -0.39 is 15.1 Å². The van der Waals surface area contributed by atoms with Crippen LogP contribution in [0.1, 0.15) is 11.1 Å². The fourth-order valence-corrected chi connectivity index (χ4v) is 3.05. The number of fused-ring (bicyclic) bond motifs is 1. The molecule has 3 rings (SSSR count). The van der Waals surface area contributed by atoms with Crippen molar-refractivity contribution in [2.45, 2.75) is 33.0 Å². The molecule has 0 saturated carbocycles. The van der Waals surface area contributed by atoms with Crippen LogP contribution in [-0.2, 0) is 6.54 Å². The summed E-state index contributed by atoms with van der Waals surface area (Å²) in [4.78, 5) is 9.02. The molecule has 0 aliphatic heterocycles. The minimum Gasteiger partial charge on any atom is -0.437 e. The summed E-state index contributed by atoms with van der Waals surface area (Å²) in [5.74, 6) is 3.83. The molecule has 1 heterocycles. The van der Waals surface area contributed by atoms with E-state index in [4.69, 9.17) is 0 Å². The van der Waals surface area contributed by atoms with E-state index in [0.29, 0.717) is 12.5 Å². The number of benzene rings is 2. The van der Waals surface area contributed by atoms with Gasteiger partial charge in [0, 0.05) is 29.4 Å². The molecule has 0 amide bonds. The van der Waals surface area contributed by atoms with Gasteiger partial charge in [-0.25, -0.2) is 9.97 Å². The zero-order valence-electron chi connectivity index (χ0n) is 16.7. The number of hydrogen-bond acceptors (Lipinski definition) is 5. The van der Waals surface area contributed by atoms with Gasteiger partial charge in [-0.3, -0.25) is 0 Å². The van der Waals surface area contributed by atoms with E-state index in [1.807, 2.05) is 48.7 Å². The third kappa shape index (κ3) is 5.93. The third-order valence-corrected chi connectivity index (χ3v) is 4.85. The molecule has 0 bridgehead atoms. The Kier molecular flexibility index (Phi) is 6.15. The highest BCUT2D eigenvalue weighted by molar-refractivity contribution is 6.83. The fraction of sp³-hybridized carbons (Fsp3) is 0.238. The van der Waals surface area contributed by atoms with Crippen molar-refractivity contribution in [1.29, 1.82) is 0 Å². The molecule has 0 radical (unpaired) electrons. The van der Waals surface area contributed by atoms with Crippen molar-refractivity contribution < 1.29 is 5.02 Å². The van der Waals surface area contributed by atoms with Crippen LogP contribution in [0.3, 0.4) is 0 Å². The second kappa shape index (κ2) is 8.57. The van der Waals surface area contributed by atoms with Gasteiger partial charge in [0.25, 0.3) is 0 Å². The van der Waals surface area contributed by atoms with Gasteiger partial charge in [-0.05, 0) is 42.7 Å². The van der Waals surface area contributed by atoms with Gasteiger partial charge < -0.3 is 15.6 Å². The summed E-state index contributed by atoms with van der Waals surface area (Å²) in [6.45, 7) is 9.02. The van der Waals surface area contributed by atoms with Gasteiger partial charge in [-0.15, -0.1) is 5.54 Å². The summed E-state index contributed by atoms with van der Waals surface area (Å²) < 4.78 is 0. The highest BCUT2D eigenvalue weighted by Crippen LogP contribution is 2.18. The number of nitrogens with one attached hydrogen (secondary N) is 2. The van der Waals surface area contributed by atoms with Crippen molar-refractivity contribution in [1.82, 2.24) is 15.2 Å². The van der Waals surface area contributed by atoms with Crippen molar-refractivity contribution >= 4 is 37.7 Å². The Morgan fingerprint density at radius 3 is 2.54 bits per heavy atom. The third-order valence-electron chi connectivity index (χ3n) is 3.97. The molecule has 0 fully saturated rings. The zero-order chi connectivity index (χ0) is 20.1. The Labute approximate surface area is 167 Å². The Hall–Kier alpha value is -2.66. The summed E-state index contributed by atoms with van der Waals surface area (Å²) in [5, 5.41) is 16.5. The SMILES string of the molecule is CB(O)NCc1ccc(Nc2ncc3cc(C#C[Si](C)(C)C)ccc3n2)cc1. The summed E-state index contributed by atoms with van der Waals surface area (Å²) in [7, 11) is -1.92. The summed E-state index contributed by atoms with van der Waals surface area (Å²) in [6, 6.07) is 14.0. The van der Waals surface area contributed by atoms with Gasteiger partial charge in [0.05, 0.1) is 5.52 Å². The number of hydrogen-bond donors (Lipinski definition) is 3. The molecule has 7 heteroatoms. The van der Waals surface area contributed by atoms with Crippen LogP contribution in [0, 0.1) is 11.5 Å². The smallest absolute Gasteiger partial charge is 0.373 e. The first-order chi connectivity index (χ1) is 13.3. The molecule has 0 atom stereocenters. The minimum atomic E-state index is -1.39. The van der Waals surface area contributed by atoms with Crippen LogP contribution < -0.4 is 10.5 Å². The van der Waals surface area contributed by atoms with Crippen LogP contribution in [0.25, 0.3) is 10.9 Å². The van der Waals surface area contributed by atoms with Gasteiger partial charge in [-0.1, -0.05) is 37.7 Å². The van der Waals surface area contributed by atoms with Crippen LogP contribution in [0.15, 0.2) is 48.7 Å². The largest absolute Gasteiger partial charge is 0.437 e. The van der Waals surface area contributed by atoms with Crippen LogP contribution in [0.2, 0.25) is 26.5 Å². The molecule has 28 heavy (non-hydrogen) atoms. The van der Waals surface area contributed by atoms with Crippen molar-refractivity contribution in [2.75, 3.05) is 5.32 Å². The predicted octanol–water partition coefficient (Wildman–Crippen LogP) is 3.80. The molecule has 2 aromatic carbocycles. The Bertz CT molecular complexity index is 1020. The number of rotatable bonds is 5. The van der Waals surface area contributed by atoms with E-state index in [9.17, 15) is 5.02 Å². The quantitative estimate of drug-likeness (QED) is 0.458. The zero-order valence-corrected chi connectivity index (χ0v) is 17.7. The van der Waals surface area contributed by atoms with E-state index in [0.717, 1.165) is 27.7 Å². The Balaban J connectivity index is 1.72. The highest BCUT2D eigenvalue weighted by atomic mass is 28.3. The van der Waals surface area contributed by atoms with Crippen molar-refractivity contribution in [3.05, 3.63) is 59.8 Å². The van der Waals surface area contributed by atoms with Gasteiger partial charge in [0.15, 0.2) is 0 Å². The Morgan fingerprint density at radius 1 is 1.11 bits per heavy atom. The maximum Gasteiger partial charge on any atom is 0.373 e. The Morgan fingerprint density at radius 2 is 1.86 bits per heavy atom. The van der Waals surface area contributed by atoms with Crippen molar-refractivity contribution in [3.63, 3.8) is 0 Å². The van der Waals surface area contributed by atoms with E-state index in [-0.39, 0.29) is 0 Å². The summed E-state index contributed by atoms with van der Waals surface area (Å²) in [5.41, 5.74) is 7.28. The normalized spacial score (nSPS) is 11.0. The first-order valence-corrected chi connectivity index (χ1v) is 12.9. The molecule has 142 valence electrons. The van der Waals surface area contributed by atoms with Crippen molar-refractivity contribution in [2.24, 2.45) is 0 Å². The van der Waals surface area contributed by atoms with Gasteiger partial charge in [-0.2, -0.15) is 0 Å². The maximum atomic E-state index is 9.29. The lowest BCUT2D eigenvalue weighted by Crippen LogP contribution is -2.29. The van der Waals surface area contributed by atoms with Crippen LogP contribution in [-0.4, -0.2) is 30.1 Å². The monoisotopic (exact) mass is 388 g/mol. The highest BCUT2D eigenvalue weighted by Gasteiger charge is 2.08. The topological polar surface area (TPSA) is 70.1 Å². The lowest BCUT2D eigenvalue weighted by molar-refractivity contribution is 0.554. The molecular weight excluding hydrogens is 363 g/mol. The molecule has 3 N–H and O–H groups in total. The minimum absolute atomic E-state index is 0.522. The van der Waals surface area contributed by atoms with E-state index in [1.54, 1.807) is 6.82 Å². The average Bonchev–Trinajstić information content (AvgIpc) is 2.65. The number of anilines is 2. The van der Waals surface area contributed by atoms with Gasteiger partial charge in [0.2, 0.25) is 5.95 Å². The van der Waals surface area contributed by atoms with E-state index in [1.165, 1.54) is 0 Å². The lowest BCUT2D eigenvalue weighted by Gasteiger charge is -2.08. The summed E-state index contributed by atoms with van der Waals surface area (Å²) >= 11 is 0. The molecule has 5 nitrogen and oxygen atoms in total. The fourth-order valence-electron chi connectivity index (χ4n) is 2.53. The number of nitrogens with zero attached hydrogens (tertiary/aromatic N) is 2. The lowest BCUT2D eigenvalue weighted by atomic mass is 9.88. The van der Waals surface area contributed by atoms with Crippen LogP contribution in [0.5, 0.6) is 0 Å². The molecule has 1 aromatic heterocycles. The first kappa shape index (κ1) is 20.1. The van der Waals surface area contributed by atoms with E-state index in [2.05, 4.69) is 51.6 Å². The molecule has 0 saturated heterocycles. The predicted molar refractivity (Wildman–Crippen MR) is 120 cm³/mol. The first-order valence-electron chi connectivity index (χ1n) is 9.36. The molecule has 0 unspecified atom stereocenters. The molecule has 0 spiro atoms. The standard InChI is InChI=1S/C21H25BN4OSi/c1-22(27)24-14-17-5-8-19(9-6-17)25-21-23-15-18-13-16(7-10-20(18)26-21)11-12-28(2,3)4/h5-10,13,15,24,27H,14H2,1-4H3,(H,23,25,26). The van der Waals surface area contributed by atoms with Crippen LogP contribution >= 0.6 is 0 Å². The van der Waals surface area contributed by atoms with Gasteiger partial charge in [0.1, 0.15) is 8.07 Å². The van der Waals surface area contributed by atoms with Gasteiger partial charge >= 0.3 is 7.05 Å². The summed E-state index contributed by atoms with van der Waals surface area (Å²) in [6.07, 6.45) is 1.82. The van der Waals surface area contributed by atoms with E-state index >= 15 is 0 Å². The molecule has 0 aliphatic rings. The molecule has 3 aromatic rings. The number of aromatic nitrogens is 2. The molecule has 0 aliphatic carbocycles. The average molecular weight is 388 g/mol. The van der Waals surface area contributed by atoms with Crippen LogP contribution in [0.4, 0.5) is 11.6 Å². The maximum absolute atomic E-state index is 9.29.